The number of hydrogen-bond donors (Lipinski definition) is 1. The van der Waals surface area contributed by atoms with E-state index < -0.39 is 0 Å². The molecule has 0 saturated carbocycles. The van der Waals surface area contributed by atoms with Crippen molar-refractivity contribution in [2.75, 3.05) is 5.75 Å². The van der Waals surface area contributed by atoms with Crippen molar-refractivity contribution in [3.63, 3.8) is 0 Å². The van der Waals surface area contributed by atoms with Crippen LogP contribution in [0.5, 0.6) is 0 Å². The molecule has 2 aromatic carbocycles. The normalized spacial score (nSPS) is 11.9. The highest BCUT2D eigenvalue weighted by Crippen LogP contribution is 2.29. The number of carbonyl (C=O) groups excluding carboxylic acids is 1. The van der Waals surface area contributed by atoms with Crippen molar-refractivity contribution in [2.24, 2.45) is 0 Å². The Balaban J connectivity index is 1.47. The van der Waals surface area contributed by atoms with Crippen LogP contribution in [0.25, 0.3) is 11.0 Å². The van der Waals surface area contributed by atoms with E-state index in [2.05, 4.69) is 32.1 Å². The van der Waals surface area contributed by atoms with Gasteiger partial charge in [0.25, 0.3) is 0 Å². The summed E-state index contributed by atoms with van der Waals surface area (Å²) in [5.41, 5.74) is 4.03. The summed E-state index contributed by atoms with van der Waals surface area (Å²) >= 11 is 1.34. The van der Waals surface area contributed by atoms with E-state index in [-0.39, 0.29) is 17.7 Å². The number of amides is 1. The molecule has 1 atom stereocenters. The Bertz CT molecular complexity index is 1360. The highest BCUT2D eigenvalue weighted by atomic mass is 32.2. The van der Waals surface area contributed by atoms with Gasteiger partial charge < -0.3 is 9.88 Å². The quantitative estimate of drug-likeness (QED) is 0.211. The molecule has 8 heteroatoms. The molecule has 0 radical (unpaired) electrons. The Morgan fingerprint density at radius 3 is 2.44 bits per heavy atom. The van der Waals surface area contributed by atoms with E-state index in [1.807, 2.05) is 59.5 Å². The molecule has 0 fully saturated rings. The standard InChI is InChI=1S/C28H26N6OS/c35-26(20-36-28-30-16-7-17-31-28)34(19-22-10-6-15-29-18-22)25(14-13-21-8-2-1-3-9-21)27-32-23-11-4-5-12-24(23)33-27/h1-12,15-18,25H,13-14,19-20H2,(H,32,33). The van der Waals surface area contributed by atoms with Gasteiger partial charge in [-0.1, -0.05) is 60.3 Å². The zero-order valence-electron chi connectivity index (χ0n) is 19.7. The fourth-order valence-electron chi connectivity index (χ4n) is 4.15. The molecule has 1 amide bonds. The predicted molar refractivity (Wildman–Crippen MR) is 141 cm³/mol. The van der Waals surface area contributed by atoms with Gasteiger partial charge in [0.2, 0.25) is 5.91 Å². The number of aromatic nitrogens is 5. The molecule has 0 bridgehead atoms. The van der Waals surface area contributed by atoms with Gasteiger partial charge in [0.1, 0.15) is 5.82 Å². The third-order valence-electron chi connectivity index (χ3n) is 5.91. The summed E-state index contributed by atoms with van der Waals surface area (Å²) < 4.78 is 0. The molecule has 0 spiro atoms. The second kappa shape index (κ2) is 11.6. The van der Waals surface area contributed by atoms with Crippen molar-refractivity contribution in [1.82, 2.24) is 29.8 Å². The summed E-state index contributed by atoms with van der Waals surface area (Å²) in [4.78, 5) is 36.8. The van der Waals surface area contributed by atoms with Crippen LogP contribution in [0.4, 0.5) is 0 Å². The smallest absolute Gasteiger partial charge is 0.233 e. The van der Waals surface area contributed by atoms with E-state index in [0.29, 0.717) is 11.7 Å². The van der Waals surface area contributed by atoms with Crippen LogP contribution in [0.3, 0.4) is 0 Å². The van der Waals surface area contributed by atoms with Crippen LogP contribution < -0.4 is 0 Å². The fourth-order valence-corrected chi connectivity index (χ4v) is 4.84. The lowest BCUT2D eigenvalue weighted by Crippen LogP contribution is -2.36. The first-order valence-electron chi connectivity index (χ1n) is 11.8. The first-order valence-corrected chi connectivity index (χ1v) is 12.8. The zero-order chi connectivity index (χ0) is 24.6. The molecular formula is C28H26N6OS. The number of aryl methyl sites for hydroxylation is 1. The molecule has 3 heterocycles. The average Bonchev–Trinajstić information content (AvgIpc) is 3.37. The second-order valence-electron chi connectivity index (χ2n) is 8.38. The summed E-state index contributed by atoms with van der Waals surface area (Å²) in [7, 11) is 0. The molecule has 1 N–H and O–H groups in total. The maximum atomic E-state index is 13.7. The van der Waals surface area contributed by atoms with Crippen LogP contribution in [0, 0.1) is 0 Å². The van der Waals surface area contributed by atoms with Crippen LogP contribution in [0.2, 0.25) is 0 Å². The van der Waals surface area contributed by atoms with E-state index >= 15 is 0 Å². The van der Waals surface area contributed by atoms with Gasteiger partial charge in [-0.3, -0.25) is 9.78 Å². The van der Waals surface area contributed by atoms with Crippen LogP contribution in [0.1, 0.15) is 29.4 Å². The fraction of sp³-hybridized carbons (Fsp3) is 0.179. The highest BCUT2D eigenvalue weighted by molar-refractivity contribution is 7.99. The van der Waals surface area contributed by atoms with E-state index in [9.17, 15) is 4.79 Å². The largest absolute Gasteiger partial charge is 0.340 e. The lowest BCUT2D eigenvalue weighted by molar-refractivity contribution is -0.131. The SMILES string of the molecule is O=C(CSc1ncccn1)N(Cc1cccnc1)C(CCc1ccccc1)c1nc2ccccc2[nH]1. The Morgan fingerprint density at radius 2 is 1.67 bits per heavy atom. The van der Waals surface area contributed by atoms with E-state index in [1.54, 1.807) is 30.9 Å². The summed E-state index contributed by atoms with van der Waals surface area (Å²) in [5.74, 6) is 1.01. The Kier molecular flexibility index (Phi) is 7.63. The molecule has 0 aliphatic rings. The lowest BCUT2D eigenvalue weighted by atomic mass is 10.0. The summed E-state index contributed by atoms with van der Waals surface area (Å²) in [6.07, 6.45) is 8.45. The van der Waals surface area contributed by atoms with Crippen LogP contribution in [-0.4, -0.2) is 41.5 Å². The lowest BCUT2D eigenvalue weighted by Gasteiger charge is -2.31. The van der Waals surface area contributed by atoms with Crippen molar-refractivity contribution in [3.05, 3.63) is 115 Å². The summed E-state index contributed by atoms with van der Waals surface area (Å²) in [6, 6.07) is 23.7. The van der Waals surface area contributed by atoms with Crippen molar-refractivity contribution in [3.8, 4) is 0 Å². The number of nitrogens with zero attached hydrogens (tertiary/aromatic N) is 5. The number of imidazole rings is 1. The third-order valence-corrected chi connectivity index (χ3v) is 6.77. The van der Waals surface area contributed by atoms with Gasteiger partial charge in [0.05, 0.1) is 22.8 Å². The molecule has 5 aromatic rings. The van der Waals surface area contributed by atoms with Gasteiger partial charge in [0.15, 0.2) is 5.16 Å². The first-order chi connectivity index (χ1) is 17.8. The van der Waals surface area contributed by atoms with Crippen LogP contribution in [-0.2, 0) is 17.8 Å². The number of fused-ring (bicyclic) bond motifs is 1. The van der Waals surface area contributed by atoms with E-state index in [0.717, 1.165) is 35.3 Å². The highest BCUT2D eigenvalue weighted by Gasteiger charge is 2.28. The number of H-pyrrole nitrogens is 1. The van der Waals surface area contributed by atoms with Gasteiger partial charge in [0, 0.05) is 31.3 Å². The molecule has 1 unspecified atom stereocenters. The first kappa shape index (κ1) is 23.7. The molecule has 0 aliphatic carbocycles. The summed E-state index contributed by atoms with van der Waals surface area (Å²) in [6.45, 7) is 0.430. The van der Waals surface area contributed by atoms with E-state index in [1.165, 1.54) is 17.3 Å². The van der Waals surface area contributed by atoms with Gasteiger partial charge in [-0.15, -0.1) is 0 Å². The molecule has 3 aromatic heterocycles. The Hall–Kier alpha value is -4.04. The molecule has 7 nitrogen and oxygen atoms in total. The molecular weight excluding hydrogens is 468 g/mol. The number of para-hydroxylation sites is 2. The maximum absolute atomic E-state index is 13.7. The minimum Gasteiger partial charge on any atom is -0.340 e. The molecule has 36 heavy (non-hydrogen) atoms. The summed E-state index contributed by atoms with van der Waals surface area (Å²) in [5, 5.41) is 0.580. The van der Waals surface area contributed by atoms with Crippen molar-refractivity contribution in [1.29, 1.82) is 0 Å². The monoisotopic (exact) mass is 494 g/mol. The minimum atomic E-state index is -0.248. The van der Waals surface area contributed by atoms with Gasteiger partial charge in [-0.05, 0) is 48.2 Å². The predicted octanol–water partition coefficient (Wildman–Crippen LogP) is 5.24. The van der Waals surface area contributed by atoms with Crippen molar-refractivity contribution < 1.29 is 4.79 Å². The molecule has 180 valence electrons. The van der Waals surface area contributed by atoms with Crippen molar-refractivity contribution in [2.45, 2.75) is 30.6 Å². The number of rotatable bonds is 10. The number of aromatic amines is 1. The maximum Gasteiger partial charge on any atom is 0.233 e. The van der Waals surface area contributed by atoms with Crippen LogP contribution in [0.15, 0.2) is 103 Å². The Morgan fingerprint density at radius 1 is 0.889 bits per heavy atom. The number of thioether (sulfide) groups is 1. The molecule has 0 saturated heterocycles. The second-order valence-corrected chi connectivity index (χ2v) is 9.32. The number of carbonyl (C=O) groups is 1. The average molecular weight is 495 g/mol. The number of benzene rings is 2. The van der Waals surface area contributed by atoms with Gasteiger partial charge >= 0.3 is 0 Å². The number of hydrogen-bond acceptors (Lipinski definition) is 6. The van der Waals surface area contributed by atoms with Crippen LogP contribution >= 0.6 is 11.8 Å². The zero-order valence-corrected chi connectivity index (χ0v) is 20.5. The van der Waals surface area contributed by atoms with Gasteiger partial charge in [-0.25, -0.2) is 15.0 Å². The third kappa shape index (κ3) is 5.95. The van der Waals surface area contributed by atoms with Crippen molar-refractivity contribution >= 4 is 28.7 Å². The Labute approximate surface area is 214 Å². The number of pyridine rings is 1. The number of nitrogens with one attached hydrogen (secondary N) is 1. The van der Waals surface area contributed by atoms with Gasteiger partial charge in [-0.2, -0.15) is 0 Å². The topological polar surface area (TPSA) is 87.7 Å². The molecule has 5 rings (SSSR count). The minimum absolute atomic E-state index is 0.00479. The molecule has 0 aliphatic heterocycles. The van der Waals surface area contributed by atoms with E-state index in [4.69, 9.17) is 4.98 Å².